The lowest BCUT2D eigenvalue weighted by molar-refractivity contribution is -0.121. The van der Waals surface area contributed by atoms with Gasteiger partial charge in [0.1, 0.15) is 0 Å². The average molecular weight is 419 g/mol. The number of nitriles is 1. The minimum absolute atomic E-state index is 0.00133. The maximum atomic E-state index is 12.6. The highest BCUT2D eigenvalue weighted by Crippen LogP contribution is 2.21. The van der Waals surface area contributed by atoms with Gasteiger partial charge in [-0.3, -0.25) is 9.48 Å². The van der Waals surface area contributed by atoms with E-state index in [1.807, 2.05) is 55.4 Å². The van der Waals surface area contributed by atoms with Gasteiger partial charge in [0.2, 0.25) is 5.91 Å². The van der Waals surface area contributed by atoms with Crippen LogP contribution in [0.1, 0.15) is 59.6 Å². The zero-order chi connectivity index (χ0) is 22.5. The maximum absolute atomic E-state index is 12.6. The van der Waals surface area contributed by atoms with Gasteiger partial charge in [-0.05, 0) is 58.7 Å². The van der Waals surface area contributed by atoms with E-state index in [0.717, 1.165) is 33.9 Å². The summed E-state index contributed by atoms with van der Waals surface area (Å²) in [5, 5.41) is 20.9. The molecule has 2 aromatic heterocycles. The van der Waals surface area contributed by atoms with Gasteiger partial charge >= 0.3 is 0 Å². The van der Waals surface area contributed by atoms with Crippen LogP contribution < -0.4 is 5.32 Å². The molecule has 7 heteroatoms. The molecule has 1 amide bonds. The van der Waals surface area contributed by atoms with Gasteiger partial charge in [0.05, 0.1) is 42.7 Å². The van der Waals surface area contributed by atoms with Crippen LogP contribution in [0.15, 0.2) is 30.5 Å². The lowest BCUT2D eigenvalue weighted by Crippen LogP contribution is -2.27. The highest BCUT2D eigenvalue weighted by molar-refractivity contribution is 5.76. The third-order valence-electron chi connectivity index (χ3n) is 5.74. The fraction of sp³-hybridized carbons (Fsp3) is 0.417. The van der Waals surface area contributed by atoms with Gasteiger partial charge < -0.3 is 5.32 Å². The molecular formula is C24H30N6O. The minimum atomic E-state index is -0.132. The topological polar surface area (TPSA) is 88.5 Å². The number of carbonyl (C=O) groups excluding carboxylic acids is 1. The quantitative estimate of drug-likeness (QED) is 0.598. The van der Waals surface area contributed by atoms with E-state index in [9.17, 15) is 4.79 Å². The van der Waals surface area contributed by atoms with Crippen LogP contribution in [-0.4, -0.2) is 25.5 Å². The molecule has 0 aliphatic heterocycles. The molecule has 162 valence electrons. The number of carbonyl (C=O) groups is 1. The molecule has 1 aromatic carbocycles. The number of benzene rings is 1. The van der Waals surface area contributed by atoms with E-state index in [1.54, 1.807) is 0 Å². The van der Waals surface area contributed by atoms with Crippen molar-refractivity contribution in [2.24, 2.45) is 0 Å². The Bertz CT molecular complexity index is 1100. The molecule has 0 bridgehead atoms. The molecule has 0 unspecified atom stereocenters. The van der Waals surface area contributed by atoms with Gasteiger partial charge in [0.25, 0.3) is 0 Å². The van der Waals surface area contributed by atoms with Crippen LogP contribution in [-0.2, 0) is 17.8 Å². The molecule has 0 fully saturated rings. The predicted molar refractivity (Wildman–Crippen MR) is 120 cm³/mol. The summed E-state index contributed by atoms with van der Waals surface area (Å²) in [7, 11) is 0. The van der Waals surface area contributed by atoms with E-state index < -0.39 is 0 Å². The largest absolute Gasteiger partial charge is 0.349 e. The van der Waals surface area contributed by atoms with Crippen LogP contribution in [0.4, 0.5) is 0 Å². The van der Waals surface area contributed by atoms with Crippen molar-refractivity contribution in [3.05, 3.63) is 64.2 Å². The monoisotopic (exact) mass is 418 g/mol. The molecular weight excluding hydrogens is 388 g/mol. The molecule has 3 aromatic rings. The number of aryl methyl sites for hydroxylation is 3. The molecule has 0 spiro atoms. The first-order valence-corrected chi connectivity index (χ1v) is 10.6. The van der Waals surface area contributed by atoms with Gasteiger partial charge in [-0.15, -0.1) is 0 Å². The smallest absolute Gasteiger partial charge is 0.220 e. The number of nitrogens with zero attached hydrogens (tertiary/aromatic N) is 5. The third-order valence-corrected chi connectivity index (χ3v) is 5.74. The van der Waals surface area contributed by atoms with Crippen molar-refractivity contribution in [1.82, 2.24) is 24.9 Å². The van der Waals surface area contributed by atoms with Crippen molar-refractivity contribution < 1.29 is 4.79 Å². The second-order valence-corrected chi connectivity index (χ2v) is 8.00. The van der Waals surface area contributed by atoms with E-state index in [2.05, 4.69) is 40.6 Å². The summed E-state index contributed by atoms with van der Waals surface area (Å²) < 4.78 is 3.76. The molecule has 1 N–H and O–H groups in total. The zero-order valence-corrected chi connectivity index (χ0v) is 18.9. The van der Waals surface area contributed by atoms with Gasteiger partial charge in [0.15, 0.2) is 0 Å². The Morgan fingerprint density at radius 2 is 1.87 bits per heavy atom. The molecule has 7 nitrogen and oxygen atoms in total. The van der Waals surface area contributed by atoms with E-state index in [0.29, 0.717) is 25.8 Å². The summed E-state index contributed by atoms with van der Waals surface area (Å²) in [6.07, 6.45) is 3.27. The van der Waals surface area contributed by atoms with Crippen molar-refractivity contribution >= 4 is 5.91 Å². The third kappa shape index (κ3) is 5.02. The molecule has 1 atom stereocenters. The summed E-state index contributed by atoms with van der Waals surface area (Å²) >= 11 is 0. The molecule has 2 heterocycles. The molecule has 0 saturated carbocycles. The first-order valence-electron chi connectivity index (χ1n) is 10.6. The lowest BCUT2D eigenvalue weighted by Gasteiger charge is -2.14. The van der Waals surface area contributed by atoms with Crippen molar-refractivity contribution in [2.75, 3.05) is 0 Å². The van der Waals surface area contributed by atoms with E-state index in [4.69, 9.17) is 5.26 Å². The average Bonchev–Trinajstić information content (AvgIpc) is 3.25. The number of nitrogens with one attached hydrogen (secondary N) is 1. The Balaban J connectivity index is 1.62. The van der Waals surface area contributed by atoms with Crippen molar-refractivity contribution in [2.45, 2.75) is 66.5 Å². The maximum Gasteiger partial charge on any atom is 0.220 e. The van der Waals surface area contributed by atoms with Crippen LogP contribution >= 0.6 is 0 Å². The van der Waals surface area contributed by atoms with Crippen molar-refractivity contribution in [3.8, 4) is 11.8 Å². The summed E-state index contributed by atoms with van der Waals surface area (Å²) in [6.45, 7) is 10.6. The number of hydrogen-bond donors (Lipinski definition) is 1. The summed E-state index contributed by atoms with van der Waals surface area (Å²) in [5.74, 6) is -0.00133. The Kier molecular flexibility index (Phi) is 6.91. The molecule has 0 radical (unpaired) electrons. The summed E-state index contributed by atoms with van der Waals surface area (Å²) in [6, 6.07) is 10.2. The Hall–Kier alpha value is -3.40. The molecule has 31 heavy (non-hydrogen) atoms. The van der Waals surface area contributed by atoms with Crippen LogP contribution in [0.2, 0.25) is 0 Å². The van der Waals surface area contributed by atoms with Crippen molar-refractivity contribution in [3.63, 3.8) is 0 Å². The Labute approximate surface area is 183 Å². The molecule has 0 saturated heterocycles. The summed E-state index contributed by atoms with van der Waals surface area (Å²) in [5.41, 5.74) is 7.27. The Morgan fingerprint density at radius 3 is 2.55 bits per heavy atom. The molecule has 3 rings (SSSR count). The fourth-order valence-electron chi connectivity index (χ4n) is 3.89. The van der Waals surface area contributed by atoms with Gasteiger partial charge in [-0.25, -0.2) is 4.68 Å². The van der Waals surface area contributed by atoms with E-state index in [-0.39, 0.29) is 11.9 Å². The van der Waals surface area contributed by atoms with Gasteiger partial charge in [-0.2, -0.15) is 15.5 Å². The number of aromatic nitrogens is 4. The first kappa shape index (κ1) is 22.3. The second-order valence-electron chi connectivity index (χ2n) is 8.00. The van der Waals surface area contributed by atoms with Crippen LogP contribution in [0, 0.1) is 39.0 Å². The number of rotatable bonds is 8. The highest BCUT2D eigenvalue weighted by atomic mass is 16.1. The van der Waals surface area contributed by atoms with Crippen LogP contribution in [0.3, 0.4) is 0 Å². The molecule has 0 aliphatic rings. The summed E-state index contributed by atoms with van der Waals surface area (Å²) in [4.78, 5) is 12.6. The van der Waals surface area contributed by atoms with E-state index in [1.165, 1.54) is 5.56 Å². The second kappa shape index (κ2) is 9.61. The first-order chi connectivity index (χ1) is 14.8. The molecule has 0 aliphatic carbocycles. The number of hydrogen-bond acceptors (Lipinski definition) is 4. The lowest BCUT2D eigenvalue weighted by atomic mass is 10.1. The fourth-order valence-corrected chi connectivity index (χ4v) is 3.89. The van der Waals surface area contributed by atoms with Crippen LogP contribution in [0.5, 0.6) is 0 Å². The van der Waals surface area contributed by atoms with E-state index >= 15 is 0 Å². The van der Waals surface area contributed by atoms with Crippen molar-refractivity contribution in [1.29, 1.82) is 5.26 Å². The minimum Gasteiger partial charge on any atom is -0.349 e. The van der Waals surface area contributed by atoms with Gasteiger partial charge in [0, 0.05) is 23.4 Å². The SMILES string of the molecule is Cc1ccc(-n2ncc([C@H](C)NC(=O)CCc3c(C)nn(CCC#N)c3C)c2C)cc1. The van der Waals surface area contributed by atoms with Crippen LogP contribution in [0.25, 0.3) is 5.69 Å². The highest BCUT2D eigenvalue weighted by Gasteiger charge is 2.18. The zero-order valence-electron chi connectivity index (χ0n) is 18.9. The number of amides is 1. The standard InChI is InChI=1S/C24H30N6O/c1-16-7-9-21(10-8-16)30-20(5)23(15-26-30)17(2)27-24(31)12-11-22-18(3)28-29(19(22)4)14-6-13-25/h7-10,15,17H,6,11-12,14H2,1-5H3,(H,27,31)/t17-/m0/s1. The normalized spacial score (nSPS) is 11.9. The predicted octanol–water partition coefficient (Wildman–Crippen LogP) is 4.03. The Morgan fingerprint density at radius 1 is 1.16 bits per heavy atom. The van der Waals surface area contributed by atoms with Gasteiger partial charge in [-0.1, -0.05) is 17.7 Å².